The highest BCUT2D eigenvalue weighted by Crippen LogP contribution is 2.24. The van der Waals surface area contributed by atoms with Crippen LogP contribution in [0.4, 0.5) is 0 Å². The first-order valence-electron chi connectivity index (χ1n) is 6.03. The Morgan fingerprint density at radius 2 is 1.78 bits per heavy atom. The lowest BCUT2D eigenvalue weighted by Crippen LogP contribution is -2.61. The average molecular weight is 277 g/mol. The van der Waals surface area contributed by atoms with E-state index in [0.29, 0.717) is 39.0 Å². The highest BCUT2D eigenvalue weighted by Gasteiger charge is 2.39. The first kappa shape index (κ1) is 13.7. The number of ether oxygens (including phenoxy) is 1. The van der Waals surface area contributed by atoms with Gasteiger partial charge in [0.15, 0.2) is 0 Å². The Kier molecular flexibility index (Phi) is 3.90. The van der Waals surface area contributed by atoms with Crippen molar-refractivity contribution in [3.8, 4) is 0 Å². The number of carbonyl (C=O) groups excluding carboxylic acids is 1. The monoisotopic (exact) mass is 277 g/mol. The lowest BCUT2D eigenvalue weighted by atomic mass is 9.99. The zero-order valence-corrected chi connectivity index (χ0v) is 11.2. The maximum absolute atomic E-state index is 12.1. The summed E-state index contributed by atoms with van der Waals surface area (Å²) in [6, 6.07) is -0.0487. The van der Waals surface area contributed by atoms with E-state index >= 15 is 0 Å². The number of esters is 1. The molecule has 0 spiro atoms. The molecule has 104 valence electrons. The van der Waals surface area contributed by atoms with Crippen LogP contribution in [0.2, 0.25) is 0 Å². The Hall–Kier alpha value is -0.700. The molecule has 2 aliphatic rings. The molecule has 2 N–H and O–H groups in total. The van der Waals surface area contributed by atoms with Crippen LogP contribution in [0.15, 0.2) is 0 Å². The average Bonchev–Trinajstić information content (AvgIpc) is 2.34. The summed E-state index contributed by atoms with van der Waals surface area (Å²) >= 11 is 0. The fourth-order valence-electron chi connectivity index (χ4n) is 2.31. The number of nitrogens with two attached hydrogens (primary N) is 1. The Labute approximate surface area is 107 Å². The summed E-state index contributed by atoms with van der Waals surface area (Å²) in [5, 5.41) is 0. The summed E-state index contributed by atoms with van der Waals surface area (Å²) in [7, 11) is -2.03. The van der Waals surface area contributed by atoms with Crippen LogP contribution < -0.4 is 5.73 Å². The van der Waals surface area contributed by atoms with Gasteiger partial charge in [0.05, 0.1) is 13.0 Å². The quantitative estimate of drug-likeness (QED) is 0.651. The van der Waals surface area contributed by atoms with Gasteiger partial charge < -0.3 is 10.5 Å². The fraction of sp³-hybridized carbons (Fsp3) is 0.900. The number of hydrogen-bond donors (Lipinski definition) is 1. The molecule has 0 atom stereocenters. The molecule has 0 aliphatic carbocycles. The number of rotatable bonds is 3. The van der Waals surface area contributed by atoms with E-state index in [1.165, 1.54) is 15.7 Å². The molecule has 0 aromatic carbocycles. The van der Waals surface area contributed by atoms with Gasteiger partial charge in [0.25, 0.3) is 10.2 Å². The molecule has 0 aromatic heterocycles. The minimum atomic E-state index is -3.38. The molecule has 2 heterocycles. The molecular formula is C10H19N3O4S. The molecule has 0 bridgehead atoms. The Balaban J connectivity index is 1.91. The molecule has 2 aliphatic heterocycles. The molecule has 18 heavy (non-hydrogen) atoms. The molecule has 2 fully saturated rings. The summed E-state index contributed by atoms with van der Waals surface area (Å²) in [6.45, 7) is 1.51. The van der Waals surface area contributed by atoms with Gasteiger partial charge in [-0.3, -0.25) is 4.79 Å². The van der Waals surface area contributed by atoms with Crippen molar-refractivity contribution in [2.75, 3.05) is 33.3 Å². The molecule has 0 amide bonds. The van der Waals surface area contributed by atoms with Gasteiger partial charge in [0.1, 0.15) is 0 Å². The SMILES string of the molecule is COC(=O)C1CCN(S(=O)(=O)N2CC(N)C2)CC1. The second kappa shape index (κ2) is 5.12. The van der Waals surface area contributed by atoms with Gasteiger partial charge in [-0.2, -0.15) is 17.0 Å². The molecule has 0 aromatic rings. The number of carbonyl (C=O) groups is 1. The van der Waals surface area contributed by atoms with Gasteiger partial charge >= 0.3 is 5.97 Å². The maximum atomic E-state index is 12.1. The predicted octanol–water partition coefficient (Wildman–Crippen LogP) is -1.24. The Bertz CT molecular complexity index is 411. The predicted molar refractivity (Wildman–Crippen MR) is 64.8 cm³/mol. The van der Waals surface area contributed by atoms with Crippen LogP contribution in [0.3, 0.4) is 0 Å². The van der Waals surface area contributed by atoms with Crippen molar-refractivity contribution >= 4 is 16.2 Å². The van der Waals surface area contributed by atoms with Gasteiger partial charge in [-0.1, -0.05) is 0 Å². The van der Waals surface area contributed by atoms with E-state index < -0.39 is 10.2 Å². The normalized spacial score (nSPS) is 24.8. The van der Waals surface area contributed by atoms with Crippen LogP contribution in [0.5, 0.6) is 0 Å². The highest BCUT2D eigenvalue weighted by molar-refractivity contribution is 7.86. The zero-order valence-electron chi connectivity index (χ0n) is 10.4. The number of piperidine rings is 1. The molecule has 0 saturated carbocycles. The lowest BCUT2D eigenvalue weighted by Gasteiger charge is -2.40. The summed E-state index contributed by atoms with van der Waals surface area (Å²) in [4.78, 5) is 11.4. The smallest absolute Gasteiger partial charge is 0.308 e. The van der Waals surface area contributed by atoms with Crippen molar-refractivity contribution < 1.29 is 17.9 Å². The van der Waals surface area contributed by atoms with Crippen LogP contribution in [0, 0.1) is 5.92 Å². The topological polar surface area (TPSA) is 92.9 Å². The van der Waals surface area contributed by atoms with Gasteiger partial charge in [0.2, 0.25) is 0 Å². The fourth-order valence-corrected chi connectivity index (χ4v) is 4.07. The third kappa shape index (κ3) is 2.51. The van der Waals surface area contributed by atoms with Crippen molar-refractivity contribution in [2.24, 2.45) is 11.7 Å². The van der Waals surface area contributed by atoms with Gasteiger partial charge in [-0.05, 0) is 12.8 Å². The van der Waals surface area contributed by atoms with Gasteiger partial charge in [0, 0.05) is 32.2 Å². The second-order valence-corrected chi connectivity index (χ2v) is 6.71. The molecule has 8 heteroatoms. The first-order chi connectivity index (χ1) is 8.45. The molecule has 0 radical (unpaired) electrons. The van der Waals surface area contributed by atoms with Crippen molar-refractivity contribution in [3.05, 3.63) is 0 Å². The molecule has 7 nitrogen and oxygen atoms in total. The van der Waals surface area contributed by atoms with Crippen LogP contribution in [-0.2, 0) is 19.7 Å². The van der Waals surface area contributed by atoms with E-state index in [0.717, 1.165) is 0 Å². The van der Waals surface area contributed by atoms with Crippen LogP contribution in [0.1, 0.15) is 12.8 Å². The van der Waals surface area contributed by atoms with E-state index in [2.05, 4.69) is 4.74 Å². The van der Waals surface area contributed by atoms with Crippen molar-refractivity contribution in [1.82, 2.24) is 8.61 Å². The summed E-state index contributed by atoms with van der Waals surface area (Å²) in [5.41, 5.74) is 5.59. The van der Waals surface area contributed by atoms with Crippen molar-refractivity contribution in [1.29, 1.82) is 0 Å². The van der Waals surface area contributed by atoms with E-state index in [4.69, 9.17) is 5.73 Å². The first-order valence-corrected chi connectivity index (χ1v) is 7.43. The minimum Gasteiger partial charge on any atom is -0.469 e. The van der Waals surface area contributed by atoms with E-state index in [9.17, 15) is 13.2 Å². The van der Waals surface area contributed by atoms with Crippen LogP contribution in [0.25, 0.3) is 0 Å². The van der Waals surface area contributed by atoms with Crippen molar-refractivity contribution in [2.45, 2.75) is 18.9 Å². The van der Waals surface area contributed by atoms with Gasteiger partial charge in [-0.15, -0.1) is 0 Å². The standard InChI is InChI=1S/C10H19N3O4S/c1-17-10(14)8-2-4-12(5-3-8)18(15,16)13-6-9(11)7-13/h8-9H,2-7,11H2,1H3. The lowest BCUT2D eigenvalue weighted by molar-refractivity contribution is -0.146. The molecule has 2 saturated heterocycles. The van der Waals surface area contributed by atoms with Crippen LogP contribution in [-0.4, -0.2) is 62.3 Å². The highest BCUT2D eigenvalue weighted by atomic mass is 32.2. The van der Waals surface area contributed by atoms with E-state index in [1.54, 1.807) is 0 Å². The largest absolute Gasteiger partial charge is 0.469 e. The maximum Gasteiger partial charge on any atom is 0.308 e. The second-order valence-electron chi connectivity index (χ2n) is 4.78. The number of methoxy groups -OCH3 is 1. The molecule has 0 unspecified atom stereocenters. The molecular weight excluding hydrogens is 258 g/mol. The minimum absolute atomic E-state index is 0.0487. The third-order valence-electron chi connectivity index (χ3n) is 3.52. The summed E-state index contributed by atoms with van der Waals surface area (Å²) in [5.74, 6) is -0.432. The van der Waals surface area contributed by atoms with E-state index in [1.807, 2.05) is 0 Å². The van der Waals surface area contributed by atoms with Gasteiger partial charge in [-0.25, -0.2) is 0 Å². The number of hydrogen-bond acceptors (Lipinski definition) is 5. The van der Waals surface area contributed by atoms with Crippen molar-refractivity contribution in [3.63, 3.8) is 0 Å². The third-order valence-corrected chi connectivity index (χ3v) is 5.49. The summed E-state index contributed by atoms with van der Waals surface area (Å²) < 4.78 is 31.8. The van der Waals surface area contributed by atoms with Crippen LogP contribution >= 0.6 is 0 Å². The number of nitrogens with zero attached hydrogens (tertiary/aromatic N) is 2. The molecule has 2 rings (SSSR count). The van der Waals surface area contributed by atoms with E-state index in [-0.39, 0.29) is 17.9 Å². The summed E-state index contributed by atoms with van der Waals surface area (Å²) in [6.07, 6.45) is 1.04. The Morgan fingerprint density at radius 1 is 1.22 bits per heavy atom. The zero-order chi connectivity index (χ0) is 13.3. The Morgan fingerprint density at radius 3 is 2.22 bits per heavy atom.